The van der Waals surface area contributed by atoms with Gasteiger partial charge in [0.25, 0.3) is 11.1 Å². The SMILES string of the molecule is COC(=O)COc1ccc(/C=C2/SC(=O)N(Cc3ccc(I)cc3)C2=O)cc1Br. The molecule has 29 heavy (non-hydrogen) atoms. The van der Waals surface area contributed by atoms with Gasteiger partial charge in [-0.25, -0.2) is 4.79 Å². The van der Waals surface area contributed by atoms with Gasteiger partial charge in [0.1, 0.15) is 5.75 Å². The third-order valence-corrected chi connectivity index (χ3v) is 6.20. The molecule has 0 unspecified atom stereocenters. The monoisotopic (exact) mass is 587 g/mol. The van der Waals surface area contributed by atoms with E-state index >= 15 is 0 Å². The Bertz CT molecular complexity index is 993. The minimum atomic E-state index is -0.484. The Labute approximate surface area is 193 Å². The van der Waals surface area contributed by atoms with Crippen molar-refractivity contribution in [2.75, 3.05) is 13.7 Å². The van der Waals surface area contributed by atoms with Crippen LogP contribution in [0.1, 0.15) is 11.1 Å². The summed E-state index contributed by atoms with van der Waals surface area (Å²) in [7, 11) is 1.29. The number of halogens is 2. The second-order valence-corrected chi connectivity index (χ2v) is 9.04. The summed E-state index contributed by atoms with van der Waals surface area (Å²) in [4.78, 5) is 37.8. The third-order valence-electron chi connectivity index (χ3n) is 3.95. The van der Waals surface area contributed by atoms with Crippen molar-refractivity contribution in [3.05, 3.63) is 66.5 Å². The molecule has 150 valence electrons. The zero-order valence-corrected chi connectivity index (χ0v) is 19.7. The molecule has 2 amide bonds. The average molecular weight is 588 g/mol. The molecule has 0 atom stereocenters. The Balaban J connectivity index is 1.72. The molecule has 1 fully saturated rings. The summed E-state index contributed by atoms with van der Waals surface area (Å²) in [6.45, 7) is 0.0365. The van der Waals surface area contributed by atoms with E-state index in [0.29, 0.717) is 15.1 Å². The molecular weight excluding hydrogens is 573 g/mol. The van der Waals surface area contributed by atoms with Gasteiger partial charge < -0.3 is 9.47 Å². The van der Waals surface area contributed by atoms with Crippen LogP contribution in [0.5, 0.6) is 5.75 Å². The van der Waals surface area contributed by atoms with E-state index in [9.17, 15) is 14.4 Å². The van der Waals surface area contributed by atoms with Gasteiger partial charge in [-0.1, -0.05) is 18.2 Å². The molecule has 1 heterocycles. The molecular formula is C20H15BrINO5S. The van der Waals surface area contributed by atoms with Crippen LogP contribution in [0.2, 0.25) is 0 Å². The molecule has 6 nitrogen and oxygen atoms in total. The fourth-order valence-electron chi connectivity index (χ4n) is 2.48. The lowest BCUT2D eigenvalue weighted by molar-refractivity contribution is -0.142. The maximum atomic E-state index is 12.7. The van der Waals surface area contributed by atoms with Crippen molar-refractivity contribution < 1.29 is 23.9 Å². The van der Waals surface area contributed by atoms with Crippen LogP contribution in [0.25, 0.3) is 6.08 Å². The van der Waals surface area contributed by atoms with Gasteiger partial charge in [0.2, 0.25) is 0 Å². The van der Waals surface area contributed by atoms with Gasteiger partial charge in [-0.2, -0.15) is 0 Å². The summed E-state index contributed by atoms with van der Waals surface area (Å²) in [5.41, 5.74) is 1.62. The maximum absolute atomic E-state index is 12.7. The van der Waals surface area contributed by atoms with Crippen LogP contribution < -0.4 is 4.74 Å². The van der Waals surface area contributed by atoms with E-state index in [0.717, 1.165) is 26.5 Å². The van der Waals surface area contributed by atoms with Crippen molar-refractivity contribution in [1.82, 2.24) is 4.90 Å². The number of methoxy groups -OCH3 is 1. The first kappa shape index (κ1) is 21.8. The lowest BCUT2D eigenvalue weighted by Crippen LogP contribution is -2.27. The summed E-state index contributed by atoms with van der Waals surface area (Å²) in [6.07, 6.45) is 1.66. The highest BCUT2D eigenvalue weighted by Crippen LogP contribution is 2.34. The number of ether oxygens (including phenoxy) is 2. The molecule has 0 radical (unpaired) electrons. The summed E-state index contributed by atoms with van der Waals surface area (Å²) in [5, 5.41) is -0.295. The number of rotatable bonds is 6. The number of amides is 2. The van der Waals surface area contributed by atoms with Gasteiger partial charge in [0, 0.05) is 3.57 Å². The van der Waals surface area contributed by atoms with Crippen molar-refractivity contribution in [3.8, 4) is 5.75 Å². The highest BCUT2D eigenvalue weighted by molar-refractivity contribution is 14.1. The first-order valence-corrected chi connectivity index (χ1v) is 11.0. The first-order chi connectivity index (χ1) is 13.9. The predicted octanol–water partition coefficient (Wildman–Crippen LogP) is 4.84. The van der Waals surface area contributed by atoms with Crippen LogP contribution in [0.3, 0.4) is 0 Å². The first-order valence-electron chi connectivity index (χ1n) is 8.36. The number of carbonyl (C=O) groups excluding carboxylic acids is 3. The molecule has 0 saturated carbocycles. The van der Waals surface area contributed by atoms with Crippen LogP contribution in [0.4, 0.5) is 4.79 Å². The minimum Gasteiger partial charge on any atom is -0.481 e. The number of benzene rings is 2. The van der Waals surface area contributed by atoms with Crippen LogP contribution >= 0.6 is 50.3 Å². The largest absolute Gasteiger partial charge is 0.481 e. The van der Waals surface area contributed by atoms with Crippen molar-refractivity contribution in [2.45, 2.75) is 6.54 Å². The van der Waals surface area contributed by atoms with Crippen LogP contribution in [-0.4, -0.2) is 35.7 Å². The van der Waals surface area contributed by atoms with Gasteiger partial charge in [-0.05, 0) is 91.8 Å². The molecule has 0 N–H and O–H groups in total. The lowest BCUT2D eigenvalue weighted by atomic mass is 10.2. The normalized spacial score (nSPS) is 15.1. The molecule has 0 aromatic heterocycles. The smallest absolute Gasteiger partial charge is 0.343 e. The van der Waals surface area contributed by atoms with Crippen molar-refractivity contribution in [1.29, 1.82) is 0 Å². The quantitative estimate of drug-likeness (QED) is 0.274. The zero-order valence-electron chi connectivity index (χ0n) is 15.2. The van der Waals surface area contributed by atoms with Gasteiger partial charge in [-0.3, -0.25) is 14.5 Å². The van der Waals surface area contributed by atoms with Gasteiger partial charge in [-0.15, -0.1) is 0 Å². The number of hydrogen-bond acceptors (Lipinski definition) is 6. The molecule has 2 aromatic carbocycles. The lowest BCUT2D eigenvalue weighted by Gasteiger charge is -2.12. The average Bonchev–Trinajstić information content (AvgIpc) is 2.96. The number of hydrogen-bond donors (Lipinski definition) is 0. The molecule has 0 bridgehead atoms. The fraction of sp³-hybridized carbons (Fsp3) is 0.150. The van der Waals surface area contributed by atoms with E-state index in [-0.39, 0.29) is 24.3 Å². The molecule has 0 aliphatic carbocycles. The standard InChI is InChI=1S/C20H15BrINO5S/c1-27-18(24)11-28-16-7-4-13(8-15(16)21)9-17-19(25)23(20(26)29-17)10-12-2-5-14(22)6-3-12/h2-9H,10-11H2,1H3/b17-9+. The minimum absolute atomic E-state index is 0.203. The van der Waals surface area contributed by atoms with E-state index in [1.54, 1.807) is 24.3 Å². The molecule has 1 aliphatic heterocycles. The maximum Gasteiger partial charge on any atom is 0.343 e. The number of carbonyl (C=O) groups is 3. The molecule has 2 aromatic rings. The van der Waals surface area contributed by atoms with E-state index < -0.39 is 5.97 Å². The number of nitrogens with zero attached hydrogens (tertiary/aromatic N) is 1. The van der Waals surface area contributed by atoms with Crippen LogP contribution in [-0.2, 0) is 20.9 Å². The number of thioether (sulfide) groups is 1. The molecule has 1 aliphatic rings. The predicted molar refractivity (Wildman–Crippen MR) is 122 cm³/mol. The Morgan fingerprint density at radius 1 is 1.21 bits per heavy atom. The summed E-state index contributed by atoms with van der Waals surface area (Å²) < 4.78 is 11.6. The van der Waals surface area contributed by atoms with Crippen molar-refractivity contribution >= 4 is 73.5 Å². The number of imide groups is 1. The Morgan fingerprint density at radius 3 is 2.59 bits per heavy atom. The topological polar surface area (TPSA) is 72.9 Å². The van der Waals surface area contributed by atoms with Gasteiger partial charge in [0.05, 0.1) is 23.0 Å². The van der Waals surface area contributed by atoms with Gasteiger partial charge >= 0.3 is 5.97 Å². The molecule has 9 heteroatoms. The fourth-order valence-corrected chi connectivity index (χ4v) is 4.19. The highest BCUT2D eigenvalue weighted by Gasteiger charge is 2.35. The Kier molecular flexibility index (Phi) is 7.36. The summed E-state index contributed by atoms with van der Waals surface area (Å²) in [6, 6.07) is 12.8. The Morgan fingerprint density at radius 2 is 1.93 bits per heavy atom. The second kappa shape index (κ2) is 9.77. The van der Waals surface area contributed by atoms with E-state index in [1.165, 1.54) is 12.0 Å². The van der Waals surface area contributed by atoms with Crippen LogP contribution in [0, 0.1) is 3.57 Å². The molecule has 0 spiro atoms. The zero-order chi connectivity index (χ0) is 21.0. The van der Waals surface area contributed by atoms with Crippen molar-refractivity contribution in [2.24, 2.45) is 0 Å². The summed E-state index contributed by atoms with van der Waals surface area (Å²) >= 11 is 6.50. The second-order valence-electron chi connectivity index (χ2n) is 5.95. The van der Waals surface area contributed by atoms with Crippen LogP contribution in [0.15, 0.2) is 51.8 Å². The summed E-state index contributed by atoms with van der Waals surface area (Å²) in [5.74, 6) is -0.331. The highest BCUT2D eigenvalue weighted by atomic mass is 127. The molecule has 1 saturated heterocycles. The number of esters is 1. The van der Waals surface area contributed by atoms with Gasteiger partial charge in [0.15, 0.2) is 6.61 Å². The molecule has 3 rings (SSSR count). The van der Waals surface area contributed by atoms with Crippen molar-refractivity contribution in [3.63, 3.8) is 0 Å². The Hall–Kier alpha value is -1.85. The van der Waals surface area contributed by atoms with E-state index in [2.05, 4.69) is 43.3 Å². The van der Waals surface area contributed by atoms with E-state index in [4.69, 9.17) is 4.74 Å². The van der Waals surface area contributed by atoms with E-state index in [1.807, 2.05) is 24.3 Å². The third kappa shape index (κ3) is 5.61.